The Balaban J connectivity index is 1.77. The number of anilines is 1. The van der Waals surface area contributed by atoms with Gasteiger partial charge in [0.05, 0.1) is 22.9 Å². The van der Waals surface area contributed by atoms with Crippen molar-refractivity contribution in [3.63, 3.8) is 0 Å². The van der Waals surface area contributed by atoms with Crippen molar-refractivity contribution in [1.29, 1.82) is 0 Å². The number of hydrogen-bond donors (Lipinski definition) is 0. The van der Waals surface area contributed by atoms with E-state index in [-0.39, 0.29) is 11.6 Å². The molecule has 6 nitrogen and oxygen atoms in total. The molecule has 0 fully saturated rings. The molecule has 0 atom stereocenters. The summed E-state index contributed by atoms with van der Waals surface area (Å²) in [6.45, 7) is 4.46. The highest BCUT2D eigenvalue weighted by Crippen LogP contribution is 2.36. The Labute approximate surface area is 186 Å². The zero-order valence-corrected chi connectivity index (χ0v) is 17.8. The van der Waals surface area contributed by atoms with Crippen LogP contribution in [0.2, 0.25) is 0 Å². The van der Waals surface area contributed by atoms with Crippen LogP contribution in [-0.2, 0) is 4.79 Å². The van der Waals surface area contributed by atoms with Crippen LogP contribution in [0.15, 0.2) is 84.4 Å². The summed E-state index contributed by atoms with van der Waals surface area (Å²) in [7, 11) is 0. The molecule has 0 N–H and O–H groups in total. The molecule has 1 amide bonds. The van der Waals surface area contributed by atoms with E-state index >= 15 is 0 Å². The first-order valence-electron chi connectivity index (χ1n) is 10.3. The van der Waals surface area contributed by atoms with Crippen molar-refractivity contribution in [2.45, 2.75) is 13.8 Å². The van der Waals surface area contributed by atoms with E-state index in [4.69, 9.17) is 4.74 Å². The lowest BCUT2D eigenvalue weighted by atomic mass is 10.1. The molecule has 4 rings (SSSR count). The van der Waals surface area contributed by atoms with Crippen LogP contribution in [0.25, 0.3) is 11.8 Å². The maximum absolute atomic E-state index is 13.5. The minimum atomic E-state index is -0.444. The van der Waals surface area contributed by atoms with Gasteiger partial charge in [-0.2, -0.15) is 0 Å². The Bertz CT molecular complexity index is 1230. The second-order valence-corrected chi connectivity index (χ2v) is 7.41. The van der Waals surface area contributed by atoms with Gasteiger partial charge in [-0.15, -0.1) is 0 Å². The van der Waals surface area contributed by atoms with E-state index in [2.05, 4.69) is 0 Å². The van der Waals surface area contributed by atoms with Gasteiger partial charge < -0.3 is 4.74 Å². The van der Waals surface area contributed by atoms with Gasteiger partial charge in [0, 0.05) is 23.8 Å². The Morgan fingerprint density at radius 3 is 2.41 bits per heavy atom. The van der Waals surface area contributed by atoms with Crippen LogP contribution in [0.3, 0.4) is 0 Å². The predicted octanol–water partition coefficient (Wildman–Crippen LogP) is 5.77. The molecule has 1 heterocycles. The zero-order chi connectivity index (χ0) is 22.7. The second kappa shape index (κ2) is 8.89. The summed E-state index contributed by atoms with van der Waals surface area (Å²) in [4.78, 5) is 25.6. The van der Waals surface area contributed by atoms with Crippen LogP contribution in [0.5, 0.6) is 5.75 Å². The lowest BCUT2D eigenvalue weighted by molar-refractivity contribution is -0.384. The fourth-order valence-electron chi connectivity index (χ4n) is 3.56. The van der Waals surface area contributed by atoms with Crippen LogP contribution in [0.4, 0.5) is 11.4 Å². The minimum Gasteiger partial charge on any atom is -0.494 e. The number of non-ortho nitro benzene ring substituents is 1. The highest BCUT2D eigenvalue weighted by molar-refractivity contribution is 6.23. The monoisotopic (exact) mass is 426 g/mol. The molecule has 0 radical (unpaired) electrons. The third kappa shape index (κ3) is 4.30. The molecular weight excluding hydrogens is 404 g/mol. The summed E-state index contributed by atoms with van der Waals surface area (Å²) >= 11 is 0. The number of hydrogen-bond acceptors (Lipinski definition) is 4. The van der Waals surface area contributed by atoms with Crippen molar-refractivity contribution in [1.82, 2.24) is 0 Å². The van der Waals surface area contributed by atoms with E-state index in [1.165, 1.54) is 12.1 Å². The quantitative estimate of drug-likeness (QED) is 0.285. The number of ether oxygens (including phenoxy) is 1. The summed E-state index contributed by atoms with van der Waals surface area (Å²) in [5.74, 6) is 0.515. The molecule has 1 aliphatic rings. The fraction of sp³-hybridized carbons (Fsp3) is 0.115. The van der Waals surface area contributed by atoms with Crippen molar-refractivity contribution in [2.75, 3.05) is 11.5 Å². The minimum absolute atomic E-state index is 0.00940. The molecule has 0 spiro atoms. The van der Waals surface area contributed by atoms with E-state index in [1.54, 1.807) is 23.1 Å². The number of carbonyl (C=O) groups excluding carboxylic acids is 1. The third-order valence-corrected chi connectivity index (χ3v) is 5.14. The third-order valence-electron chi connectivity index (χ3n) is 5.14. The summed E-state index contributed by atoms with van der Waals surface area (Å²) in [5, 5.41) is 10.9. The molecule has 0 aliphatic carbocycles. The Morgan fingerprint density at radius 1 is 1.03 bits per heavy atom. The van der Waals surface area contributed by atoms with Gasteiger partial charge in [0.2, 0.25) is 0 Å². The molecule has 3 aromatic carbocycles. The maximum Gasteiger partial charge on any atom is 0.269 e. The second-order valence-electron chi connectivity index (χ2n) is 7.41. The van der Waals surface area contributed by atoms with Crippen LogP contribution < -0.4 is 9.64 Å². The van der Waals surface area contributed by atoms with Gasteiger partial charge in [-0.05, 0) is 61.4 Å². The molecule has 1 aliphatic heterocycles. The van der Waals surface area contributed by atoms with Crippen molar-refractivity contribution in [2.24, 2.45) is 0 Å². The van der Waals surface area contributed by atoms with Gasteiger partial charge in [0.25, 0.3) is 11.6 Å². The number of amides is 1. The van der Waals surface area contributed by atoms with E-state index in [1.807, 2.05) is 68.5 Å². The highest BCUT2D eigenvalue weighted by atomic mass is 16.6. The lowest BCUT2D eigenvalue weighted by Crippen LogP contribution is -2.25. The standard InChI is InChI=1S/C26H22N2O4/c1-3-32-24-6-4-5-23(17-24)27-25(20-11-7-18(2)8-12-20)16-21(26(27)29)15-19-9-13-22(14-10-19)28(30)31/h4-17H,3H2,1-2H3/b21-15+. The number of nitro benzene ring substituents is 1. The zero-order valence-electron chi connectivity index (χ0n) is 17.8. The SMILES string of the molecule is CCOc1cccc(N2C(=O)/C(=C/c3ccc([N+](=O)[O-])cc3)C=C2c2ccc(C)cc2)c1. The Morgan fingerprint density at radius 2 is 1.75 bits per heavy atom. The van der Waals surface area contributed by atoms with Gasteiger partial charge in [0.15, 0.2) is 0 Å². The van der Waals surface area contributed by atoms with Gasteiger partial charge in [-0.25, -0.2) is 0 Å². The molecule has 0 bridgehead atoms. The van der Waals surface area contributed by atoms with E-state index in [9.17, 15) is 14.9 Å². The number of carbonyl (C=O) groups is 1. The number of benzene rings is 3. The lowest BCUT2D eigenvalue weighted by Gasteiger charge is -2.21. The molecule has 32 heavy (non-hydrogen) atoms. The van der Waals surface area contributed by atoms with Crippen molar-refractivity contribution >= 4 is 29.1 Å². The number of nitrogens with zero attached hydrogens (tertiary/aromatic N) is 2. The summed E-state index contributed by atoms with van der Waals surface area (Å²) in [6.07, 6.45) is 3.59. The fourth-order valence-corrected chi connectivity index (χ4v) is 3.56. The van der Waals surface area contributed by atoms with Crippen LogP contribution in [-0.4, -0.2) is 17.4 Å². The van der Waals surface area contributed by atoms with Crippen LogP contribution in [0, 0.1) is 17.0 Å². The van der Waals surface area contributed by atoms with E-state index in [0.29, 0.717) is 29.2 Å². The normalized spacial score (nSPS) is 14.6. The number of nitro groups is 1. The van der Waals surface area contributed by atoms with Crippen LogP contribution in [0.1, 0.15) is 23.6 Å². The highest BCUT2D eigenvalue weighted by Gasteiger charge is 2.30. The first-order chi connectivity index (χ1) is 15.5. The number of rotatable bonds is 6. The first-order valence-corrected chi connectivity index (χ1v) is 10.3. The maximum atomic E-state index is 13.5. The van der Waals surface area contributed by atoms with E-state index < -0.39 is 4.92 Å². The average molecular weight is 426 g/mol. The Hall–Kier alpha value is -4.19. The van der Waals surface area contributed by atoms with Gasteiger partial charge in [-0.1, -0.05) is 35.9 Å². The largest absolute Gasteiger partial charge is 0.494 e. The van der Waals surface area contributed by atoms with Crippen molar-refractivity contribution in [3.05, 3.63) is 111 Å². The Kier molecular flexibility index (Phi) is 5.85. The molecule has 0 saturated carbocycles. The molecule has 6 heteroatoms. The van der Waals surface area contributed by atoms with Gasteiger partial charge in [-0.3, -0.25) is 19.8 Å². The predicted molar refractivity (Wildman–Crippen MR) is 125 cm³/mol. The summed E-state index contributed by atoms with van der Waals surface area (Å²) in [5.41, 5.74) is 4.73. The smallest absolute Gasteiger partial charge is 0.269 e. The molecular formula is C26H22N2O4. The van der Waals surface area contributed by atoms with Crippen LogP contribution >= 0.6 is 0 Å². The topological polar surface area (TPSA) is 72.7 Å². The number of aryl methyl sites for hydroxylation is 1. The van der Waals surface area contributed by atoms with Crippen molar-refractivity contribution < 1.29 is 14.5 Å². The first kappa shape index (κ1) is 21.1. The molecule has 160 valence electrons. The molecule has 0 aromatic heterocycles. The molecule has 0 unspecified atom stereocenters. The van der Waals surface area contributed by atoms with Crippen molar-refractivity contribution in [3.8, 4) is 5.75 Å². The summed E-state index contributed by atoms with van der Waals surface area (Å²) in [6, 6.07) is 21.6. The van der Waals surface area contributed by atoms with E-state index in [0.717, 1.165) is 16.8 Å². The van der Waals surface area contributed by atoms with Gasteiger partial charge >= 0.3 is 0 Å². The summed E-state index contributed by atoms with van der Waals surface area (Å²) < 4.78 is 5.62. The van der Waals surface area contributed by atoms with Gasteiger partial charge in [0.1, 0.15) is 5.75 Å². The molecule has 0 saturated heterocycles. The molecule has 3 aromatic rings. The average Bonchev–Trinajstić information content (AvgIpc) is 3.11.